The Kier molecular flexibility index (Phi) is 6.97. The van der Waals surface area contributed by atoms with E-state index in [0.717, 1.165) is 24.2 Å². The van der Waals surface area contributed by atoms with E-state index in [1.165, 1.54) is 12.1 Å². The Balaban J connectivity index is 1.39. The third-order valence-corrected chi connectivity index (χ3v) is 5.38. The molecule has 2 amide bonds. The Morgan fingerprint density at radius 3 is 2.27 bits per heavy atom. The number of anilines is 3. The molecule has 3 aromatic carbocycles. The smallest absolute Gasteiger partial charge is 0.255 e. The molecule has 4 N–H and O–H groups in total. The van der Waals surface area contributed by atoms with Gasteiger partial charge in [0.15, 0.2) is 0 Å². The summed E-state index contributed by atoms with van der Waals surface area (Å²) in [5.41, 5.74) is 9.57. The van der Waals surface area contributed by atoms with Crippen LogP contribution >= 0.6 is 0 Å². The molecule has 0 aliphatic carbocycles. The Bertz CT molecular complexity index is 1130. The number of hydrogen-bond donors (Lipinski definition) is 3. The van der Waals surface area contributed by atoms with E-state index in [1.807, 2.05) is 11.0 Å². The van der Waals surface area contributed by atoms with Gasteiger partial charge in [0.2, 0.25) is 5.91 Å². The molecule has 1 fully saturated rings. The molecule has 0 saturated carbocycles. The minimum absolute atomic E-state index is 0.112. The highest BCUT2D eigenvalue weighted by molar-refractivity contribution is 6.06. The molecule has 0 bridgehead atoms. The van der Waals surface area contributed by atoms with E-state index < -0.39 is 0 Å². The van der Waals surface area contributed by atoms with Gasteiger partial charge in [0.05, 0.1) is 31.1 Å². The van der Waals surface area contributed by atoms with Crippen molar-refractivity contribution in [3.8, 4) is 11.1 Å². The Labute approximate surface area is 191 Å². The average molecular weight is 448 g/mol. The van der Waals surface area contributed by atoms with Crippen molar-refractivity contribution in [1.29, 1.82) is 0 Å². The lowest BCUT2D eigenvalue weighted by Gasteiger charge is -2.25. The van der Waals surface area contributed by atoms with Gasteiger partial charge in [0, 0.05) is 24.3 Å². The monoisotopic (exact) mass is 448 g/mol. The van der Waals surface area contributed by atoms with Gasteiger partial charge < -0.3 is 21.1 Å². The van der Waals surface area contributed by atoms with Crippen molar-refractivity contribution in [3.63, 3.8) is 0 Å². The molecule has 7 nitrogen and oxygen atoms in total. The number of hydrogen-bond acceptors (Lipinski definition) is 5. The number of nitrogen functional groups attached to an aromatic ring is 1. The third-order valence-electron chi connectivity index (χ3n) is 5.38. The van der Waals surface area contributed by atoms with Crippen LogP contribution in [0.3, 0.4) is 0 Å². The first-order valence-corrected chi connectivity index (χ1v) is 10.6. The van der Waals surface area contributed by atoms with Gasteiger partial charge in [0.25, 0.3) is 5.91 Å². The molecule has 1 aliphatic rings. The van der Waals surface area contributed by atoms with E-state index in [9.17, 15) is 14.0 Å². The van der Waals surface area contributed by atoms with Gasteiger partial charge in [-0.3, -0.25) is 14.5 Å². The van der Waals surface area contributed by atoms with Crippen molar-refractivity contribution in [2.24, 2.45) is 0 Å². The topological polar surface area (TPSA) is 96.7 Å². The van der Waals surface area contributed by atoms with E-state index >= 15 is 0 Å². The number of nitrogens with one attached hydrogen (secondary N) is 2. The predicted octanol–water partition coefficient (Wildman–Crippen LogP) is 3.60. The van der Waals surface area contributed by atoms with Gasteiger partial charge in [-0.2, -0.15) is 0 Å². The average Bonchev–Trinajstić information content (AvgIpc) is 2.82. The molecule has 8 heteroatoms. The molecule has 170 valence electrons. The lowest BCUT2D eigenvalue weighted by Crippen LogP contribution is -2.41. The standard InChI is InChI=1S/C25H25FN4O3/c26-20-6-1-17(2-7-20)19-5-10-22(27)23(15-19)29-25(32)18-3-8-21(9-4-18)28-24(31)16-30-11-13-33-14-12-30/h1-10,15H,11-14,16,27H2,(H,28,31)(H,29,32). The summed E-state index contributed by atoms with van der Waals surface area (Å²) >= 11 is 0. The van der Waals surface area contributed by atoms with E-state index in [1.54, 1.807) is 48.5 Å². The Morgan fingerprint density at radius 1 is 0.909 bits per heavy atom. The highest BCUT2D eigenvalue weighted by Crippen LogP contribution is 2.28. The summed E-state index contributed by atoms with van der Waals surface area (Å²) in [7, 11) is 0. The normalized spacial score (nSPS) is 14.0. The zero-order chi connectivity index (χ0) is 23.2. The summed E-state index contributed by atoms with van der Waals surface area (Å²) in [5, 5.41) is 5.66. The minimum atomic E-state index is -0.329. The highest BCUT2D eigenvalue weighted by Gasteiger charge is 2.15. The maximum atomic E-state index is 13.2. The van der Waals surface area contributed by atoms with Crippen molar-refractivity contribution in [2.75, 3.05) is 49.2 Å². The van der Waals surface area contributed by atoms with Crippen LogP contribution in [0, 0.1) is 5.82 Å². The summed E-state index contributed by atoms with van der Waals surface area (Å²) in [6.45, 7) is 3.04. The zero-order valence-electron chi connectivity index (χ0n) is 18.0. The number of rotatable bonds is 6. The molecule has 0 spiro atoms. The van der Waals surface area contributed by atoms with Crippen molar-refractivity contribution in [2.45, 2.75) is 0 Å². The van der Waals surface area contributed by atoms with Crippen LogP contribution in [0.25, 0.3) is 11.1 Å². The minimum Gasteiger partial charge on any atom is -0.397 e. The molecular formula is C25H25FN4O3. The van der Waals surface area contributed by atoms with Gasteiger partial charge in [-0.05, 0) is 59.7 Å². The maximum Gasteiger partial charge on any atom is 0.255 e. The Morgan fingerprint density at radius 2 is 1.58 bits per heavy atom. The second kappa shape index (κ2) is 10.2. The van der Waals surface area contributed by atoms with E-state index in [0.29, 0.717) is 42.4 Å². The van der Waals surface area contributed by atoms with Gasteiger partial charge in [-0.1, -0.05) is 18.2 Å². The van der Waals surface area contributed by atoms with Crippen LogP contribution < -0.4 is 16.4 Å². The summed E-state index contributed by atoms with van der Waals surface area (Å²) in [6.07, 6.45) is 0. The van der Waals surface area contributed by atoms with Crippen LogP contribution in [0.2, 0.25) is 0 Å². The molecular weight excluding hydrogens is 423 g/mol. The second-order valence-electron chi connectivity index (χ2n) is 7.78. The summed E-state index contributed by atoms with van der Waals surface area (Å²) < 4.78 is 18.5. The van der Waals surface area contributed by atoms with Crippen LogP contribution in [-0.2, 0) is 9.53 Å². The fourth-order valence-corrected chi connectivity index (χ4v) is 3.55. The van der Waals surface area contributed by atoms with Crippen molar-refractivity contribution in [3.05, 3.63) is 78.1 Å². The highest BCUT2D eigenvalue weighted by atomic mass is 19.1. The number of halogens is 1. The molecule has 1 heterocycles. The lowest BCUT2D eigenvalue weighted by atomic mass is 10.0. The molecule has 0 aromatic heterocycles. The van der Waals surface area contributed by atoms with Gasteiger partial charge in [-0.25, -0.2) is 4.39 Å². The first-order valence-electron chi connectivity index (χ1n) is 10.6. The number of nitrogens with zero attached hydrogens (tertiary/aromatic N) is 1. The van der Waals surface area contributed by atoms with Gasteiger partial charge >= 0.3 is 0 Å². The van der Waals surface area contributed by atoms with E-state index in [4.69, 9.17) is 10.5 Å². The maximum absolute atomic E-state index is 13.2. The van der Waals surface area contributed by atoms with Gasteiger partial charge in [0.1, 0.15) is 5.82 Å². The summed E-state index contributed by atoms with van der Waals surface area (Å²) in [6, 6.07) is 18.0. The zero-order valence-corrected chi connectivity index (χ0v) is 18.0. The number of carbonyl (C=O) groups excluding carboxylic acids is 2. The first kappa shape index (κ1) is 22.4. The number of carbonyl (C=O) groups is 2. The first-order chi connectivity index (χ1) is 16.0. The van der Waals surface area contributed by atoms with Crippen LogP contribution in [0.15, 0.2) is 66.7 Å². The molecule has 0 unspecified atom stereocenters. The summed E-state index contributed by atoms with van der Waals surface area (Å²) in [5.74, 6) is -0.757. The third kappa shape index (κ3) is 5.94. The molecule has 1 aliphatic heterocycles. The van der Waals surface area contributed by atoms with E-state index in [-0.39, 0.29) is 17.6 Å². The second-order valence-corrected chi connectivity index (χ2v) is 7.78. The van der Waals surface area contributed by atoms with E-state index in [2.05, 4.69) is 10.6 Å². The SMILES string of the molecule is Nc1ccc(-c2ccc(F)cc2)cc1NC(=O)c1ccc(NC(=O)CN2CCOCC2)cc1. The van der Waals surface area contributed by atoms with Crippen molar-refractivity contribution < 1.29 is 18.7 Å². The number of amides is 2. The number of nitrogens with two attached hydrogens (primary N) is 1. The van der Waals surface area contributed by atoms with Gasteiger partial charge in [-0.15, -0.1) is 0 Å². The quantitative estimate of drug-likeness (QED) is 0.501. The fraction of sp³-hybridized carbons (Fsp3) is 0.200. The fourth-order valence-electron chi connectivity index (χ4n) is 3.55. The van der Waals surface area contributed by atoms with Crippen molar-refractivity contribution in [1.82, 2.24) is 4.90 Å². The number of ether oxygens (including phenoxy) is 1. The number of morpholine rings is 1. The lowest BCUT2D eigenvalue weighted by molar-refractivity contribution is -0.118. The van der Waals surface area contributed by atoms with Crippen molar-refractivity contribution >= 4 is 28.9 Å². The molecule has 1 saturated heterocycles. The molecule has 4 rings (SSSR count). The molecule has 0 radical (unpaired) electrons. The Hall–Kier alpha value is -3.75. The molecule has 33 heavy (non-hydrogen) atoms. The molecule has 0 atom stereocenters. The summed E-state index contributed by atoms with van der Waals surface area (Å²) in [4.78, 5) is 27.0. The van der Waals surface area contributed by atoms with Crippen LogP contribution in [0.4, 0.5) is 21.5 Å². The number of benzene rings is 3. The predicted molar refractivity (Wildman–Crippen MR) is 127 cm³/mol. The van der Waals surface area contributed by atoms with Crippen LogP contribution in [0.1, 0.15) is 10.4 Å². The van der Waals surface area contributed by atoms with Crippen LogP contribution in [0.5, 0.6) is 0 Å². The van der Waals surface area contributed by atoms with Crippen LogP contribution in [-0.4, -0.2) is 49.6 Å². The molecule has 3 aromatic rings. The largest absolute Gasteiger partial charge is 0.397 e.